The van der Waals surface area contributed by atoms with Crippen molar-refractivity contribution in [2.75, 3.05) is 17.8 Å². The summed E-state index contributed by atoms with van der Waals surface area (Å²) < 4.78 is 10.9. The Morgan fingerprint density at radius 1 is 1.26 bits per heavy atom. The predicted octanol–water partition coefficient (Wildman–Crippen LogP) is 3.82. The van der Waals surface area contributed by atoms with E-state index in [-0.39, 0.29) is 17.7 Å². The van der Waals surface area contributed by atoms with Gasteiger partial charge in [0, 0.05) is 17.3 Å². The fourth-order valence-corrected chi connectivity index (χ4v) is 3.90. The van der Waals surface area contributed by atoms with Crippen LogP contribution in [0.2, 0.25) is 0 Å². The van der Waals surface area contributed by atoms with Crippen LogP contribution in [0.4, 0.5) is 5.69 Å². The van der Waals surface area contributed by atoms with Gasteiger partial charge in [-0.05, 0) is 43.2 Å². The summed E-state index contributed by atoms with van der Waals surface area (Å²) in [6.07, 6.45) is 0.882. The maximum Gasteiger partial charge on any atom is 0.277 e. The lowest BCUT2D eigenvalue weighted by Gasteiger charge is -2.22. The minimum absolute atomic E-state index is 0.0404. The number of anilines is 1. The molecule has 0 saturated heterocycles. The molecule has 0 fully saturated rings. The van der Waals surface area contributed by atoms with Gasteiger partial charge in [0.15, 0.2) is 0 Å². The Bertz CT molecular complexity index is 972. The van der Waals surface area contributed by atoms with Crippen molar-refractivity contribution in [1.82, 2.24) is 10.2 Å². The van der Waals surface area contributed by atoms with E-state index in [0.29, 0.717) is 11.1 Å². The van der Waals surface area contributed by atoms with Crippen LogP contribution in [0.3, 0.4) is 0 Å². The van der Waals surface area contributed by atoms with Gasteiger partial charge in [-0.25, -0.2) is 0 Å². The molecule has 7 heteroatoms. The third-order valence-electron chi connectivity index (χ3n) is 4.52. The van der Waals surface area contributed by atoms with Crippen LogP contribution in [0.25, 0.3) is 11.5 Å². The lowest BCUT2D eigenvalue weighted by molar-refractivity contribution is -0.116. The highest BCUT2D eigenvalue weighted by Crippen LogP contribution is 2.33. The number of fused-ring (bicyclic) bond motifs is 1. The number of carbonyl (C=O) groups excluding carboxylic acids is 1. The van der Waals surface area contributed by atoms with Crippen molar-refractivity contribution in [2.24, 2.45) is 0 Å². The van der Waals surface area contributed by atoms with Gasteiger partial charge in [0.25, 0.3) is 5.22 Å². The number of para-hydroxylation sites is 1. The van der Waals surface area contributed by atoms with Crippen LogP contribution in [0.1, 0.15) is 12.5 Å². The van der Waals surface area contributed by atoms with E-state index in [0.717, 1.165) is 23.4 Å². The monoisotopic (exact) mass is 381 g/mol. The summed E-state index contributed by atoms with van der Waals surface area (Å²) in [5.74, 6) is 1.41. The number of ether oxygens (including phenoxy) is 1. The minimum Gasteiger partial charge on any atom is -0.497 e. The predicted molar refractivity (Wildman–Crippen MR) is 104 cm³/mol. The Balaban J connectivity index is 1.44. The summed E-state index contributed by atoms with van der Waals surface area (Å²) >= 11 is 1.25. The normalized spacial score (nSPS) is 15.6. The van der Waals surface area contributed by atoms with Gasteiger partial charge in [-0.1, -0.05) is 36.0 Å². The molecule has 0 aliphatic carbocycles. The number of amides is 1. The number of nitrogens with zero attached hydrogens (tertiary/aromatic N) is 3. The molecule has 1 aliphatic rings. The number of carbonyl (C=O) groups is 1. The number of rotatable bonds is 5. The lowest BCUT2D eigenvalue weighted by atomic mass is 10.1. The molecule has 4 rings (SSSR count). The summed E-state index contributed by atoms with van der Waals surface area (Å²) in [7, 11) is 1.61. The Labute approximate surface area is 161 Å². The van der Waals surface area contributed by atoms with E-state index in [1.165, 1.54) is 17.3 Å². The molecule has 1 aromatic heterocycles. The summed E-state index contributed by atoms with van der Waals surface area (Å²) in [6, 6.07) is 15.6. The number of thioether (sulfide) groups is 1. The van der Waals surface area contributed by atoms with Gasteiger partial charge in [-0.2, -0.15) is 0 Å². The topological polar surface area (TPSA) is 68.5 Å². The first-order valence-electron chi connectivity index (χ1n) is 8.66. The maximum atomic E-state index is 12.8. The van der Waals surface area contributed by atoms with E-state index in [2.05, 4.69) is 23.2 Å². The summed E-state index contributed by atoms with van der Waals surface area (Å²) in [4.78, 5) is 14.6. The molecular formula is C20H19N3O3S. The molecule has 1 unspecified atom stereocenters. The molecule has 1 aliphatic heterocycles. The van der Waals surface area contributed by atoms with Crippen LogP contribution in [0.15, 0.2) is 58.2 Å². The van der Waals surface area contributed by atoms with Crippen LogP contribution in [-0.4, -0.2) is 35.0 Å². The van der Waals surface area contributed by atoms with Gasteiger partial charge in [-0.3, -0.25) is 4.79 Å². The van der Waals surface area contributed by atoms with Gasteiger partial charge in [0.1, 0.15) is 5.75 Å². The SMILES string of the molecule is COc1cccc(-c2nnc(SCC(=O)N3c4ccccc4CC3C)o2)c1. The summed E-state index contributed by atoms with van der Waals surface area (Å²) in [5, 5.41) is 8.49. The van der Waals surface area contributed by atoms with E-state index in [1.807, 2.05) is 47.4 Å². The van der Waals surface area contributed by atoms with E-state index in [4.69, 9.17) is 9.15 Å². The van der Waals surface area contributed by atoms with Gasteiger partial charge in [0.2, 0.25) is 11.8 Å². The number of hydrogen-bond acceptors (Lipinski definition) is 6. The lowest BCUT2D eigenvalue weighted by Crippen LogP contribution is -2.36. The van der Waals surface area contributed by atoms with Gasteiger partial charge in [-0.15, -0.1) is 10.2 Å². The standard InChI is InChI=1S/C20H19N3O3S/c1-13-10-14-6-3-4-9-17(14)23(13)18(24)12-27-20-22-21-19(26-20)15-7-5-8-16(11-15)25-2/h3-9,11,13H,10,12H2,1-2H3. The molecular weight excluding hydrogens is 362 g/mol. The smallest absolute Gasteiger partial charge is 0.277 e. The van der Waals surface area contributed by atoms with E-state index >= 15 is 0 Å². The van der Waals surface area contributed by atoms with Crippen molar-refractivity contribution >= 4 is 23.4 Å². The third kappa shape index (κ3) is 3.55. The van der Waals surface area contributed by atoms with E-state index < -0.39 is 0 Å². The zero-order chi connectivity index (χ0) is 18.8. The first-order chi connectivity index (χ1) is 13.2. The molecule has 0 saturated carbocycles. The molecule has 3 aromatic rings. The first-order valence-corrected chi connectivity index (χ1v) is 9.65. The average Bonchev–Trinajstić information content (AvgIpc) is 3.30. The fourth-order valence-electron chi connectivity index (χ4n) is 3.28. The van der Waals surface area contributed by atoms with Crippen molar-refractivity contribution in [3.63, 3.8) is 0 Å². The molecule has 138 valence electrons. The zero-order valence-electron chi connectivity index (χ0n) is 15.1. The largest absolute Gasteiger partial charge is 0.497 e. The highest BCUT2D eigenvalue weighted by molar-refractivity contribution is 7.99. The molecule has 0 radical (unpaired) electrons. The van der Waals surface area contributed by atoms with Crippen molar-refractivity contribution in [3.8, 4) is 17.2 Å². The van der Waals surface area contributed by atoms with Crippen molar-refractivity contribution in [2.45, 2.75) is 24.6 Å². The Kier molecular flexibility index (Phi) is 4.85. The van der Waals surface area contributed by atoms with Crippen LogP contribution in [0, 0.1) is 0 Å². The number of hydrogen-bond donors (Lipinski definition) is 0. The minimum atomic E-state index is 0.0404. The fraction of sp³-hybridized carbons (Fsp3) is 0.250. The van der Waals surface area contributed by atoms with Gasteiger partial charge >= 0.3 is 0 Å². The summed E-state index contributed by atoms with van der Waals surface area (Å²) in [6.45, 7) is 2.07. The molecule has 2 heterocycles. The second kappa shape index (κ2) is 7.44. The zero-order valence-corrected chi connectivity index (χ0v) is 15.9. The highest BCUT2D eigenvalue weighted by atomic mass is 32.2. The third-order valence-corrected chi connectivity index (χ3v) is 5.32. The molecule has 1 atom stereocenters. The van der Waals surface area contributed by atoms with E-state index in [1.54, 1.807) is 7.11 Å². The second-order valence-corrected chi connectivity index (χ2v) is 7.27. The molecule has 1 amide bonds. The van der Waals surface area contributed by atoms with Crippen molar-refractivity contribution in [1.29, 1.82) is 0 Å². The molecule has 0 N–H and O–H groups in total. The number of aromatic nitrogens is 2. The summed E-state index contributed by atoms with van der Waals surface area (Å²) in [5.41, 5.74) is 2.99. The molecule has 6 nitrogen and oxygen atoms in total. The van der Waals surface area contributed by atoms with Gasteiger partial charge in [0.05, 0.1) is 12.9 Å². The molecule has 0 bridgehead atoms. The Morgan fingerprint density at radius 2 is 2.11 bits per heavy atom. The Morgan fingerprint density at radius 3 is 2.96 bits per heavy atom. The molecule has 27 heavy (non-hydrogen) atoms. The van der Waals surface area contributed by atoms with Crippen molar-refractivity contribution in [3.05, 3.63) is 54.1 Å². The highest BCUT2D eigenvalue weighted by Gasteiger charge is 2.30. The average molecular weight is 381 g/mol. The Hall–Kier alpha value is -2.80. The number of methoxy groups -OCH3 is 1. The van der Waals surface area contributed by atoms with Crippen LogP contribution >= 0.6 is 11.8 Å². The molecule has 2 aromatic carbocycles. The van der Waals surface area contributed by atoms with E-state index in [9.17, 15) is 4.79 Å². The quantitative estimate of drug-likeness (QED) is 0.626. The van der Waals surface area contributed by atoms with Crippen molar-refractivity contribution < 1.29 is 13.9 Å². The number of benzene rings is 2. The first kappa shape index (κ1) is 17.6. The van der Waals surface area contributed by atoms with Gasteiger partial charge < -0.3 is 14.1 Å². The van der Waals surface area contributed by atoms with Crippen LogP contribution < -0.4 is 9.64 Å². The van der Waals surface area contributed by atoms with Crippen LogP contribution in [0.5, 0.6) is 5.75 Å². The molecule has 0 spiro atoms. The van der Waals surface area contributed by atoms with Crippen LogP contribution in [-0.2, 0) is 11.2 Å². The maximum absolute atomic E-state index is 12.8. The second-order valence-electron chi connectivity index (χ2n) is 6.34.